The van der Waals surface area contributed by atoms with E-state index in [0.717, 1.165) is 31.7 Å². The van der Waals surface area contributed by atoms with Crippen LogP contribution in [0.2, 0.25) is 0 Å². The number of benzene rings is 2. The number of carbonyl (C=O) groups is 2. The molecule has 0 bridgehead atoms. The van der Waals surface area contributed by atoms with Gasteiger partial charge in [-0.05, 0) is 49.2 Å². The van der Waals surface area contributed by atoms with Crippen molar-refractivity contribution >= 4 is 33.2 Å². The van der Waals surface area contributed by atoms with Crippen LogP contribution < -0.4 is 15.4 Å². The van der Waals surface area contributed by atoms with E-state index in [1.54, 1.807) is 0 Å². The first kappa shape index (κ1) is 23.7. The van der Waals surface area contributed by atoms with Gasteiger partial charge in [0.2, 0.25) is 15.9 Å². The quantitative estimate of drug-likeness (QED) is 0.681. The summed E-state index contributed by atoms with van der Waals surface area (Å²) in [6.45, 7) is 2.08. The molecule has 32 heavy (non-hydrogen) atoms. The molecule has 1 fully saturated rings. The molecule has 2 N–H and O–H groups in total. The lowest BCUT2D eigenvalue weighted by atomic mass is 10.2. The molecule has 3 rings (SSSR count). The first-order valence-electron chi connectivity index (χ1n) is 10.3. The Morgan fingerprint density at radius 3 is 2.31 bits per heavy atom. The fourth-order valence-corrected chi connectivity index (χ4v) is 5.23. The van der Waals surface area contributed by atoms with Gasteiger partial charge in [0.05, 0.1) is 12.8 Å². The van der Waals surface area contributed by atoms with E-state index in [-0.39, 0.29) is 27.6 Å². The van der Waals surface area contributed by atoms with Crippen LogP contribution in [0.3, 0.4) is 0 Å². The van der Waals surface area contributed by atoms with E-state index in [2.05, 4.69) is 10.6 Å². The van der Waals surface area contributed by atoms with Crippen molar-refractivity contribution in [1.29, 1.82) is 0 Å². The molecule has 0 atom stereocenters. The molecule has 2 aromatic rings. The Labute approximate surface area is 186 Å². The van der Waals surface area contributed by atoms with Crippen LogP contribution in [0, 0.1) is 5.82 Å². The lowest BCUT2D eigenvalue weighted by Gasteiger charge is -2.21. The van der Waals surface area contributed by atoms with Crippen molar-refractivity contribution in [1.82, 2.24) is 4.31 Å². The van der Waals surface area contributed by atoms with E-state index in [1.807, 2.05) is 0 Å². The number of anilines is 2. The number of amides is 2. The number of ether oxygens (including phenoxy) is 1. The van der Waals surface area contributed by atoms with E-state index in [0.29, 0.717) is 13.1 Å². The molecule has 172 valence electrons. The highest BCUT2D eigenvalue weighted by Crippen LogP contribution is 2.30. The van der Waals surface area contributed by atoms with Gasteiger partial charge < -0.3 is 15.4 Å². The molecule has 10 heteroatoms. The number of hydrogen-bond acceptors (Lipinski definition) is 5. The molecule has 0 aromatic heterocycles. The van der Waals surface area contributed by atoms with Crippen LogP contribution in [-0.4, -0.2) is 44.7 Å². The van der Waals surface area contributed by atoms with Crippen LogP contribution in [0.5, 0.6) is 5.75 Å². The Balaban J connectivity index is 1.89. The maximum atomic E-state index is 13.9. The second kappa shape index (κ2) is 10.1. The van der Waals surface area contributed by atoms with Gasteiger partial charge in [-0.2, -0.15) is 4.31 Å². The number of carbonyl (C=O) groups excluding carboxylic acids is 2. The van der Waals surface area contributed by atoms with Crippen molar-refractivity contribution in [3.63, 3.8) is 0 Å². The van der Waals surface area contributed by atoms with Crippen molar-refractivity contribution in [2.24, 2.45) is 0 Å². The summed E-state index contributed by atoms with van der Waals surface area (Å²) in [7, 11) is -2.48. The van der Waals surface area contributed by atoms with E-state index in [1.165, 1.54) is 48.7 Å². The number of nitrogens with one attached hydrogen (secondary N) is 2. The Hall–Kier alpha value is -2.98. The third-order valence-corrected chi connectivity index (χ3v) is 7.06. The average Bonchev–Trinajstić information content (AvgIpc) is 3.05. The van der Waals surface area contributed by atoms with Gasteiger partial charge >= 0.3 is 0 Å². The monoisotopic (exact) mass is 463 g/mol. The van der Waals surface area contributed by atoms with Gasteiger partial charge in [0.15, 0.2) is 0 Å². The summed E-state index contributed by atoms with van der Waals surface area (Å²) in [4.78, 5) is 24.0. The Morgan fingerprint density at radius 2 is 1.69 bits per heavy atom. The highest BCUT2D eigenvalue weighted by atomic mass is 32.2. The summed E-state index contributed by atoms with van der Waals surface area (Å²) >= 11 is 0. The highest BCUT2D eigenvalue weighted by Gasteiger charge is 2.29. The maximum absolute atomic E-state index is 13.9. The van der Waals surface area contributed by atoms with Gasteiger partial charge in [0.1, 0.15) is 16.5 Å². The molecule has 1 aliphatic rings. The number of halogens is 1. The Kier molecular flexibility index (Phi) is 7.47. The van der Waals surface area contributed by atoms with Crippen molar-refractivity contribution in [3.05, 3.63) is 47.8 Å². The smallest absolute Gasteiger partial charge is 0.255 e. The molecule has 0 aliphatic carbocycles. The van der Waals surface area contributed by atoms with E-state index >= 15 is 0 Å². The first-order chi connectivity index (χ1) is 15.2. The van der Waals surface area contributed by atoms with Gasteiger partial charge in [-0.15, -0.1) is 0 Å². The van der Waals surface area contributed by atoms with E-state index < -0.39 is 27.7 Å². The molecular formula is C22H26FN3O5S. The van der Waals surface area contributed by atoms with Gasteiger partial charge in [-0.25, -0.2) is 12.8 Å². The zero-order valence-corrected chi connectivity index (χ0v) is 18.8. The van der Waals surface area contributed by atoms with Crippen molar-refractivity contribution < 1.29 is 27.1 Å². The Bertz CT molecular complexity index is 1110. The van der Waals surface area contributed by atoms with E-state index in [4.69, 9.17) is 4.74 Å². The van der Waals surface area contributed by atoms with Gasteiger partial charge in [-0.3, -0.25) is 9.59 Å². The SMILES string of the molecule is COc1ccc(C(=O)Nc2ccc(F)c(NC(C)=O)c2)cc1S(=O)(=O)N1CCCCCC1. The van der Waals surface area contributed by atoms with E-state index in [9.17, 15) is 22.4 Å². The summed E-state index contributed by atoms with van der Waals surface area (Å²) < 4.78 is 47.1. The highest BCUT2D eigenvalue weighted by molar-refractivity contribution is 7.89. The van der Waals surface area contributed by atoms with Crippen LogP contribution in [0.4, 0.5) is 15.8 Å². The van der Waals surface area contributed by atoms with Gasteiger partial charge in [0.25, 0.3) is 5.91 Å². The van der Waals surface area contributed by atoms with Crippen molar-refractivity contribution in [2.45, 2.75) is 37.5 Å². The molecule has 2 amide bonds. The maximum Gasteiger partial charge on any atom is 0.255 e. The lowest BCUT2D eigenvalue weighted by molar-refractivity contribution is -0.114. The fraction of sp³-hybridized carbons (Fsp3) is 0.364. The summed E-state index contributed by atoms with van der Waals surface area (Å²) in [6.07, 6.45) is 3.51. The average molecular weight is 464 g/mol. The second-order valence-corrected chi connectivity index (χ2v) is 9.42. The van der Waals surface area contributed by atoms with Crippen LogP contribution in [0.1, 0.15) is 43.0 Å². The molecular weight excluding hydrogens is 437 g/mol. The minimum absolute atomic E-state index is 0.0746. The normalized spacial score (nSPS) is 15.0. The summed E-state index contributed by atoms with van der Waals surface area (Å²) in [5.41, 5.74) is 0.270. The van der Waals surface area contributed by atoms with Crippen LogP contribution in [0.25, 0.3) is 0 Å². The van der Waals surface area contributed by atoms with Gasteiger partial charge in [0, 0.05) is 31.3 Å². The number of rotatable bonds is 6. The van der Waals surface area contributed by atoms with Gasteiger partial charge in [-0.1, -0.05) is 12.8 Å². The summed E-state index contributed by atoms with van der Waals surface area (Å²) in [6, 6.07) is 7.92. The predicted octanol–water partition coefficient (Wildman–Crippen LogP) is 3.61. The lowest BCUT2D eigenvalue weighted by Crippen LogP contribution is -2.32. The first-order valence-corrected chi connectivity index (χ1v) is 11.7. The fourth-order valence-electron chi connectivity index (χ4n) is 3.53. The Morgan fingerprint density at radius 1 is 1.00 bits per heavy atom. The predicted molar refractivity (Wildman–Crippen MR) is 119 cm³/mol. The molecule has 8 nitrogen and oxygen atoms in total. The molecule has 1 aliphatic heterocycles. The molecule has 0 saturated carbocycles. The molecule has 1 saturated heterocycles. The number of nitrogens with zero attached hydrogens (tertiary/aromatic N) is 1. The topological polar surface area (TPSA) is 105 Å². The summed E-state index contributed by atoms with van der Waals surface area (Å²) in [5.74, 6) is -1.53. The minimum Gasteiger partial charge on any atom is -0.495 e. The van der Waals surface area contributed by atoms with Crippen LogP contribution >= 0.6 is 0 Å². The van der Waals surface area contributed by atoms with Crippen molar-refractivity contribution in [3.8, 4) is 5.75 Å². The molecule has 0 spiro atoms. The van der Waals surface area contributed by atoms with Crippen molar-refractivity contribution in [2.75, 3.05) is 30.8 Å². The number of hydrogen-bond donors (Lipinski definition) is 2. The number of methoxy groups -OCH3 is 1. The van der Waals surface area contributed by atoms with Crippen LogP contribution in [-0.2, 0) is 14.8 Å². The second-order valence-electron chi connectivity index (χ2n) is 7.51. The molecule has 0 unspecified atom stereocenters. The number of sulfonamides is 1. The van der Waals surface area contributed by atoms with Crippen LogP contribution in [0.15, 0.2) is 41.3 Å². The molecule has 0 radical (unpaired) electrons. The zero-order chi connectivity index (χ0) is 23.3. The standard InChI is InChI=1S/C22H26FN3O5S/c1-15(27)24-19-14-17(8-9-18(19)23)25-22(28)16-7-10-20(31-2)21(13-16)32(29,30)26-11-5-3-4-6-12-26/h7-10,13-14H,3-6,11-12H2,1-2H3,(H,24,27)(H,25,28). The minimum atomic E-state index is -3.85. The largest absolute Gasteiger partial charge is 0.495 e. The third-order valence-electron chi connectivity index (χ3n) is 5.14. The third kappa shape index (κ3) is 5.43. The molecule has 1 heterocycles. The summed E-state index contributed by atoms with van der Waals surface area (Å²) in [5, 5.41) is 4.94. The zero-order valence-electron chi connectivity index (χ0n) is 18.0. The molecule has 2 aromatic carbocycles.